The highest BCUT2D eigenvalue weighted by Gasteiger charge is 2.23. The van der Waals surface area contributed by atoms with Gasteiger partial charge in [0.2, 0.25) is 5.91 Å². The summed E-state index contributed by atoms with van der Waals surface area (Å²) in [7, 11) is 0. The maximum Gasteiger partial charge on any atom is 0.312 e. The Balaban J connectivity index is 1.96. The highest BCUT2D eigenvalue weighted by atomic mass is 16.2. The van der Waals surface area contributed by atoms with Crippen LogP contribution in [0, 0.1) is 5.92 Å². The third-order valence-corrected chi connectivity index (χ3v) is 4.37. The number of fused-ring (bicyclic) bond motifs is 1. The molecule has 1 aliphatic heterocycles. The van der Waals surface area contributed by atoms with E-state index in [-0.39, 0.29) is 11.8 Å². The van der Waals surface area contributed by atoms with Crippen molar-refractivity contribution in [2.45, 2.75) is 59.3 Å². The summed E-state index contributed by atoms with van der Waals surface area (Å²) < 4.78 is 2.04. The lowest BCUT2D eigenvalue weighted by molar-refractivity contribution is -0.124. The molecular weight excluding hydrogens is 320 g/mol. The van der Waals surface area contributed by atoms with E-state index in [1.807, 2.05) is 18.5 Å². The van der Waals surface area contributed by atoms with Crippen molar-refractivity contribution < 1.29 is 9.59 Å². The van der Waals surface area contributed by atoms with Gasteiger partial charge in [0.25, 0.3) is 0 Å². The van der Waals surface area contributed by atoms with Gasteiger partial charge in [-0.1, -0.05) is 20.8 Å². The summed E-state index contributed by atoms with van der Waals surface area (Å²) in [6.45, 7) is 10.2. The molecule has 1 aliphatic rings. The normalized spacial score (nSPS) is 16.2. The highest BCUT2D eigenvalue weighted by Crippen LogP contribution is 2.14. The molecule has 2 heterocycles. The van der Waals surface area contributed by atoms with Gasteiger partial charge in [0.05, 0.1) is 17.9 Å². The molecule has 3 amide bonds. The standard InChI is InChI=1S/C17H30N6O2/c1-4-6-22-7-5-8-23-14(11-22)9-13(21-23)10-19-16(24)15(12(2)3)20-17(18)25/h9,12,15H,4-8,10-11H2,1-3H3,(H,19,24)(H3,18,20,25)/t15-/m1/s1. The van der Waals surface area contributed by atoms with Gasteiger partial charge < -0.3 is 16.4 Å². The zero-order valence-corrected chi connectivity index (χ0v) is 15.4. The number of nitrogens with one attached hydrogen (secondary N) is 2. The number of amides is 3. The third-order valence-electron chi connectivity index (χ3n) is 4.37. The SMILES string of the molecule is CCCN1CCCn2nc(CNC(=O)[C@H](NC(N)=O)C(C)C)cc2C1. The fraction of sp³-hybridized carbons (Fsp3) is 0.706. The summed E-state index contributed by atoms with van der Waals surface area (Å²) in [4.78, 5) is 25.8. The Bertz CT molecular complexity index is 598. The van der Waals surface area contributed by atoms with Crippen molar-refractivity contribution in [2.24, 2.45) is 11.7 Å². The van der Waals surface area contributed by atoms with E-state index < -0.39 is 12.1 Å². The second-order valence-electron chi connectivity index (χ2n) is 6.93. The molecule has 8 heteroatoms. The van der Waals surface area contributed by atoms with Crippen LogP contribution in [0.3, 0.4) is 0 Å². The number of aromatic nitrogens is 2. The van der Waals surface area contributed by atoms with Crippen LogP contribution in [0.25, 0.3) is 0 Å². The van der Waals surface area contributed by atoms with Crippen LogP contribution in [0.2, 0.25) is 0 Å². The lowest BCUT2D eigenvalue weighted by atomic mass is 10.0. The van der Waals surface area contributed by atoms with Crippen LogP contribution in [0.5, 0.6) is 0 Å². The van der Waals surface area contributed by atoms with Crippen LogP contribution in [-0.4, -0.2) is 45.8 Å². The zero-order valence-electron chi connectivity index (χ0n) is 15.4. The molecule has 25 heavy (non-hydrogen) atoms. The molecule has 0 radical (unpaired) electrons. The predicted octanol–water partition coefficient (Wildman–Crippen LogP) is 0.808. The number of primary amides is 1. The monoisotopic (exact) mass is 350 g/mol. The van der Waals surface area contributed by atoms with Crippen LogP contribution in [0.1, 0.15) is 45.0 Å². The molecule has 1 aromatic heterocycles. The zero-order chi connectivity index (χ0) is 18.4. The number of carbonyl (C=O) groups excluding carboxylic acids is 2. The molecule has 0 spiro atoms. The summed E-state index contributed by atoms with van der Waals surface area (Å²) in [5, 5.41) is 9.94. The smallest absolute Gasteiger partial charge is 0.312 e. The molecule has 4 N–H and O–H groups in total. The van der Waals surface area contributed by atoms with Crippen LogP contribution in [0.15, 0.2) is 6.07 Å². The Morgan fingerprint density at radius 3 is 2.76 bits per heavy atom. The first kappa shape index (κ1) is 19.2. The highest BCUT2D eigenvalue weighted by molar-refractivity contribution is 5.86. The molecule has 1 atom stereocenters. The number of hydrogen-bond donors (Lipinski definition) is 3. The number of urea groups is 1. The molecule has 2 rings (SSSR count). The number of aryl methyl sites for hydroxylation is 1. The van der Waals surface area contributed by atoms with Crippen molar-refractivity contribution in [1.82, 2.24) is 25.3 Å². The van der Waals surface area contributed by atoms with Gasteiger partial charge in [0.15, 0.2) is 0 Å². The largest absolute Gasteiger partial charge is 0.352 e. The van der Waals surface area contributed by atoms with Crippen molar-refractivity contribution in [3.8, 4) is 0 Å². The fourth-order valence-electron chi connectivity index (χ4n) is 3.16. The molecule has 0 aliphatic carbocycles. The topological polar surface area (TPSA) is 105 Å². The van der Waals surface area contributed by atoms with E-state index in [0.717, 1.165) is 44.7 Å². The summed E-state index contributed by atoms with van der Waals surface area (Å²) >= 11 is 0. The Morgan fingerprint density at radius 1 is 1.36 bits per heavy atom. The average Bonchev–Trinajstić information content (AvgIpc) is 2.82. The van der Waals surface area contributed by atoms with Gasteiger partial charge in [-0.15, -0.1) is 0 Å². The predicted molar refractivity (Wildman–Crippen MR) is 95.6 cm³/mol. The maximum atomic E-state index is 12.3. The van der Waals surface area contributed by atoms with Crippen LogP contribution < -0.4 is 16.4 Å². The van der Waals surface area contributed by atoms with E-state index in [4.69, 9.17) is 5.73 Å². The minimum atomic E-state index is -0.696. The average molecular weight is 350 g/mol. The van der Waals surface area contributed by atoms with Gasteiger partial charge in [-0.25, -0.2) is 4.79 Å². The van der Waals surface area contributed by atoms with E-state index in [9.17, 15) is 9.59 Å². The van der Waals surface area contributed by atoms with Crippen molar-refractivity contribution in [1.29, 1.82) is 0 Å². The van der Waals surface area contributed by atoms with Gasteiger partial charge >= 0.3 is 6.03 Å². The Labute approximate surface area is 149 Å². The second-order valence-corrected chi connectivity index (χ2v) is 6.93. The summed E-state index contributed by atoms with van der Waals surface area (Å²) in [6.07, 6.45) is 2.22. The van der Waals surface area contributed by atoms with Gasteiger partial charge in [0.1, 0.15) is 6.04 Å². The van der Waals surface area contributed by atoms with E-state index in [2.05, 4.69) is 33.6 Å². The second kappa shape index (κ2) is 8.84. The molecule has 0 saturated heterocycles. The van der Waals surface area contributed by atoms with E-state index >= 15 is 0 Å². The molecule has 1 aromatic rings. The Morgan fingerprint density at radius 2 is 2.12 bits per heavy atom. The first-order valence-corrected chi connectivity index (χ1v) is 9.02. The number of hydrogen-bond acceptors (Lipinski definition) is 4. The minimum Gasteiger partial charge on any atom is -0.352 e. The van der Waals surface area contributed by atoms with Gasteiger partial charge in [-0.2, -0.15) is 5.10 Å². The van der Waals surface area contributed by atoms with Crippen molar-refractivity contribution in [2.75, 3.05) is 13.1 Å². The maximum absolute atomic E-state index is 12.3. The minimum absolute atomic E-state index is 0.0474. The van der Waals surface area contributed by atoms with E-state index in [1.54, 1.807) is 0 Å². The van der Waals surface area contributed by atoms with Crippen molar-refractivity contribution in [3.05, 3.63) is 17.5 Å². The Kier molecular flexibility index (Phi) is 6.81. The lowest BCUT2D eigenvalue weighted by Gasteiger charge is -2.20. The van der Waals surface area contributed by atoms with Gasteiger partial charge in [-0.3, -0.25) is 14.4 Å². The molecule has 8 nitrogen and oxygen atoms in total. The summed E-state index contributed by atoms with van der Waals surface area (Å²) in [5.74, 6) is -0.293. The van der Waals surface area contributed by atoms with Crippen molar-refractivity contribution >= 4 is 11.9 Å². The molecule has 140 valence electrons. The third kappa shape index (κ3) is 5.45. The number of nitrogens with two attached hydrogens (primary N) is 1. The molecule has 0 aromatic carbocycles. The molecular formula is C17H30N6O2. The lowest BCUT2D eigenvalue weighted by Crippen LogP contribution is -2.51. The fourth-order valence-corrected chi connectivity index (χ4v) is 3.16. The van der Waals surface area contributed by atoms with E-state index in [1.165, 1.54) is 5.69 Å². The van der Waals surface area contributed by atoms with Gasteiger partial charge in [0, 0.05) is 19.6 Å². The Hall–Kier alpha value is -2.09. The van der Waals surface area contributed by atoms with Crippen LogP contribution in [0.4, 0.5) is 4.79 Å². The van der Waals surface area contributed by atoms with Crippen molar-refractivity contribution in [3.63, 3.8) is 0 Å². The first-order chi connectivity index (χ1) is 11.9. The summed E-state index contributed by atoms with van der Waals surface area (Å²) in [5.41, 5.74) is 7.17. The van der Waals surface area contributed by atoms with E-state index in [0.29, 0.717) is 6.54 Å². The quantitative estimate of drug-likeness (QED) is 0.676. The summed E-state index contributed by atoms with van der Waals surface area (Å²) in [6, 6.07) is 0.719. The molecule has 0 fully saturated rings. The first-order valence-electron chi connectivity index (χ1n) is 9.02. The number of nitrogens with zero attached hydrogens (tertiary/aromatic N) is 3. The number of carbonyl (C=O) groups is 2. The van der Waals surface area contributed by atoms with Gasteiger partial charge in [-0.05, 0) is 31.4 Å². The molecule has 0 bridgehead atoms. The van der Waals surface area contributed by atoms with Crippen LogP contribution >= 0.6 is 0 Å². The van der Waals surface area contributed by atoms with Crippen LogP contribution in [-0.2, 0) is 24.4 Å². The molecule has 0 saturated carbocycles. The number of rotatable bonds is 7. The molecule has 0 unspecified atom stereocenters.